The Balaban J connectivity index is 2.46. The summed E-state index contributed by atoms with van der Waals surface area (Å²) in [6.45, 7) is -0.736. The van der Waals surface area contributed by atoms with Crippen LogP contribution in [0.1, 0.15) is 12.8 Å². The van der Waals surface area contributed by atoms with Gasteiger partial charge in [-0.2, -0.15) is 0 Å². The zero-order valence-corrected chi connectivity index (χ0v) is 12.6. The lowest BCUT2D eigenvalue weighted by molar-refractivity contribution is -0.189. The highest BCUT2D eigenvalue weighted by Gasteiger charge is 2.45. The molecule has 0 spiro atoms. The summed E-state index contributed by atoms with van der Waals surface area (Å²) in [6.07, 6.45) is -6.72. The molecular formula is C10H18NO11P. The number of aliphatic hydroxyl groups is 2. The summed E-state index contributed by atoms with van der Waals surface area (Å²) in [5, 5.41) is 27.8. The van der Waals surface area contributed by atoms with Crippen molar-refractivity contribution in [3.05, 3.63) is 0 Å². The molecule has 0 radical (unpaired) electrons. The number of carbonyl (C=O) groups is 2. The number of hydrogen-bond donors (Lipinski definition) is 6. The quantitative estimate of drug-likeness (QED) is 0.193. The molecule has 7 N–H and O–H groups in total. The number of rotatable bonds is 8. The van der Waals surface area contributed by atoms with Gasteiger partial charge in [0, 0.05) is 6.42 Å². The van der Waals surface area contributed by atoms with E-state index >= 15 is 0 Å². The fraction of sp³-hybridized carbons (Fsp3) is 0.800. The van der Waals surface area contributed by atoms with Crippen LogP contribution in [0.4, 0.5) is 0 Å². The molecule has 0 bridgehead atoms. The number of phosphoric ester groups is 1. The Morgan fingerprint density at radius 2 is 1.87 bits per heavy atom. The molecule has 0 aromatic heterocycles. The summed E-state index contributed by atoms with van der Waals surface area (Å²) in [5.41, 5.74) is 5.21. The van der Waals surface area contributed by atoms with Crippen LogP contribution in [-0.4, -0.2) is 74.3 Å². The number of carbonyl (C=O) groups excluding carboxylic acids is 1. The molecule has 1 saturated heterocycles. The van der Waals surface area contributed by atoms with Gasteiger partial charge in [-0.15, -0.1) is 0 Å². The Hall–Kier alpha value is -1.11. The maximum Gasteiger partial charge on any atom is 0.469 e. The molecule has 1 unspecified atom stereocenters. The van der Waals surface area contributed by atoms with Crippen molar-refractivity contribution in [3.8, 4) is 0 Å². The van der Waals surface area contributed by atoms with Gasteiger partial charge in [-0.1, -0.05) is 0 Å². The fourth-order valence-electron chi connectivity index (χ4n) is 1.71. The largest absolute Gasteiger partial charge is 0.480 e. The lowest BCUT2D eigenvalue weighted by atomic mass is 10.1. The SMILES string of the molecule is N[C@@H](CCC(=O)OC1O[C@H](COP(=O)(O)O)[C@@H](O)[C@H]1O)C(=O)O. The first-order valence-corrected chi connectivity index (χ1v) is 7.94. The van der Waals surface area contributed by atoms with E-state index in [-0.39, 0.29) is 12.8 Å². The lowest BCUT2D eigenvalue weighted by Gasteiger charge is -2.16. The van der Waals surface area contributed by atoms with Gasteiger partial charge in [0.15, 0.2) is 0 Å². The van der Waals surface area contributed by atoms with Gasteiger partial charge in [0.05, 0.1) is 6.61 Å². The molecule has 12 nitrogen and oxygen atoms in total. The van der Waals surface area contributed by atoms with Crippen molar-refractivity contribution in [1.82, 2.24) is 0 Å². The Bertz CT molecular complexity index is 479. The van der Waals surface area contributed by atoms with Gasteiger partial charge in [-0.3, -0.25) is 14.1 Å². The van der Waals surface area contributed by atoms with Crippen LogP contribution in [0.15, 0.2) is 0 Å². The van der Waals surface area contributed by atoms with E-state index in [1.807, 2.05) is 0 Å². The molecule has 0 aliphatic carbocycles. The number of aliphatic carboxylic acids is 1. The Morgan fingerprint density at radius 3 is 2.39 bits per heavy atom. The third kappa shape index (κ3) is 6.49. The van der Waals surface area contributed by atoms with Gasteiger partial charge in [-0.25, -0.2) is 4.57 Å². The van der Waals surface area contributed by atoms with Gasteiger partial charge < -0.3 is 40.3 Å². The predicted molar refractivity (Wildman–Crippen MR) is 69.6 cm³/mol. The smallest absolute Gasteiger partial charge is 0.469 e. The Kier molecular flexibility index (Phi) is 7.04. The van der Waals surface area contributed by atoms with E-state index in [0.29, 0.717) is 0 Å². The highest BCUT2D eigenvalue weighted by Crippen LogP contribution is 2.37. The molecule has 1 fully saturated rings. The number of nitrogens with two attached hydrogens (primary N) is 1. The van der Waals surface area contributed by atoms with E-state index < -0.39 is 57.0 Å². The summed E-state index contributed by atoms with van der Waals surface area (Å²) in [7, 11) is -4.79. The highest BCUT2D eigenvalue weighted by atomic mass is 31.2. The van der Waals surface area contributed by atoms with Gasteiger partial charge in [0.2, 0.25) is 6.29 Å². The maximum atomic E-state index is 11.5. The second kappa shape index (κ2) is 8.13. The summed E-state index contributed by atoms with van der Waals surface area (Å²) in [6, 6.07) is -1.26. The molecule has 0 aromatic rings. The first-order chi connectivity index (χ1) is 10.5. The molecule has 23 heavy (non-hydrogen) atoms. The monoisotopic (exact) mass is 359 g/mol. The topological polar surface area (TPSA) is 206 Å². The van der Waals surface area contributed by atoms with Crippen LogP contribution in [0.5, 0.6) is 0 Å². The summed E-state index contributed by atoms with van der Waals surface area (Å²) in [5.74, 6) is -2.21. The molecule has 13 heteroatoms. The molecule has 1 rings (SSSR count). The number of carboxylic acids is 1. The average molecular weight is 359 g/mol. The van der Waals surface area contributed by atoms with Crippen molar-refractivity contribution in [2.24, 2.45) is 5.73 Å². The predicted octanol–water partition coefficient (Wildman–Crippen LogP) is -2.72. The van der Waals surface area contributed by atoms with Gasteiger partial charge in [0.25, 0.3) is 0 Å². The maximum absolute atomic E-state index is 11.5. The molecule has 1 aliphatic heterocycles. The standard InChI is InChI=1S/C10H18NO11P/c11-4(9(15)16)1-2-6(12)22-10-8(14)7(13)5(21-10)3-20-23(17,18)19/h4-5,7-8,10,13-14H,1-3,11H2,(H,15,16)(H2,17,18,19)/t4-,5+,7+,8+,10?/m0/s1. The normalized spacial score (nSPS) is 29.3. The van der Waals surface area contributed by atoms with Crippen molar-refractivity contribution < 1.29 is 53.3 Å². The number of ether oxygens (including phenoxy) is 2. The summed E-state index contributed by atoms with van der Waals surface area (Å²) >= 11 is 0. The minimum absolute atomic E-state index is 0.204. The van der Waals surface area contributed by atoms with Gasteiger partial charge in [0.1, 0.15) is 24.4 Å². The van der Waals surface area contributed by atoms with Crippen LogP contribution in [0.2, 0.25) is 0 Å². The zero-order chi connectivity index (χ0) is 17.8. The van der Waals surface area contributed by atoms with E-state index in [1.165, 1.54) is 0 Å². The number of carboxylic acid groups (broad SMARTS) is 1. The number of esters is 1. The second-order valence-electron chi connectivity index (χ2n) is 4.78. The number of hydrogen-bond acceptors (Lipinski definition) is 9. The summed E-state index contributed by atoms with van der Waals surface area (Å²) < 4.78 is 24.4. The van der Waals surface area contributed by atoms with Gasteiger partial charge >= 0.3 is 19.8 Å². The first kappa shape index (κ1) is 19.9. The second-order valence-corrected chi connectivity index (χ2v) is 6.02. The van der Waals surface area contributed by atoms with Crippen LogP contribution in [0.25, 0.3) is 0 Å². The molecular weight excluding hydrogens is 341 g/mol. The van der Waals surface area contributed by atoms with Crippen molar-refractivity contribution in [2.45, 2.75) is 43.5 Å². The third-order valence-electron chi connectivity index (χ3n) is 2.95. The van der Waals surface area contributed by atoms with E-state index in [2.05, 4.69) is 4.52 Å². The Morgan fingerprint density at radius 1 is 1.26 bits per heavy atom. The summed E-state index contributed by atoms with van der Waals surface area (Å²) in [4.78, 5) is 39.1. The van der Waals surface area contributed by atoms with Crippen LogP contribution >= 0.6 is 7.82 Å². The third-order valence-corrected chi connectivity index (χ3v) is 3.44. The van der Waals surface area contributed by atoms with Crippen molar-refractivity contribution in [1.29, 1.82) is 0 Å². The molecule has 1 heterocycles. The first-order valence-electron chi connectivity index (χ1n) is 6.41. The lowest BCUT2D eigenvalue weighted by Crippen LogP contribution is -2.36. The minimum Gasteiger partial charge on any atom is -0.480 e. The highest BCUT2D eigenvalue weighted by molar-refractivity contribution is 7.46. The zero-order valence-electron chi connectivity index (χ0n) is 11.7. The molecule has 5 atom stereocenters. The van der Waals surface area contributed by atoms with Crippen LogP contribution in [-0.2, 0) is 28.2 Å². The van der Waals surface area contributed by atoms with Crippen molar-refractivity contribution in [3.63, 3.8) is 0 Å². The molecule has 1 aliphatic rings. The van der Waals surface area contributed by atoms with E-state index in [0.717, 1.165) is 0 Å². The van der Waals surface area contributed by atoms with E-state index in [4.69, 9.17) is 30.1 Å². The molecule has 134 valence electrons. The van der Waals surface area contributed by atoms with Crippen molar-refractivity contribution >= 4 is 19.8 Å². The molecule has 0 saturated carbocycles. The number of phosphoric acid groups is 1. The van der Waals surface area contributed by atoms with Crippen LogP contribution < -0.4 is 5.73 Å². The van der Waals surface area contributed by atoms with E-state index in [9.17, 15) is 24.4 Å². The fourth-order valence-corrected chi connectivity index (χ4v) is 2.05. The van der Waals surface area contributed by atoms with E-state index in [1.54, 1.807) is 0 Å². The van der Waals surface area contributed by atoms with Crippen molar-refractivity contribution in [2.75, 3.05) is 6.61 Å². The minimum atomic E-state index is -4.79. The van der Waals surface area contributed by atoms with Gasteiger partial charge in [-0.05, 0) is 6.42 Å². The molecule has 0 aromatic carbocycles. The van der Waals surface area contributed by atoms with Crippen LogP contribution in [0, 0.1) is 0 Å². The molecule has 0 amide bonds. The average Bonchev–Trinajstić information content (AvgIpc) is 2.69. The Labute approximate surface area is 130 Å². The number of aliphatic hydroxyl groups excluding tert-OH is 2. The van der Waals surface area contributed by atoms with Crippen LogP contribution in [0.3, 0.4) is 0 Å².